The lowest BCUT2D eigenvalue weighted by Crippen LogP contribution is -2.12. The van der Waals surface area contributed by atoms with Crippen LogP contribution in [0.4, 0.5) is 0 Å². The molecule has 114 valence electrons. The smallest absolute Gasteiger partial charge is 0.178 e. The number of benzene rings is 3. The molecule has 0 fully saturated rings. The van der Waals surface area contributed by atoms with Gasteiger partial charge in [-0.05, 0) is 23.8 Å². The maximum atomic E-state index is 12.7. The van der Waals surface area contributed by atoms with E-state index in [-0.39, 0.29) is 11.6 Å². The molecule has 0 spiro atoms. The first kappa shape index (κ1) is 13.3. The summed E-state index contributed by atoms with van der Waals surface area (Å²) in [7, 11) is 0. The van der Waals surface area contributed by atoms with Crippen molar-refractivity contribution in [3.63, 3.8) is 0 Å². The number of furan rings is 1. The lowest BCUT2D eigenvalue weighted by molar-refractivity contribution is 0.0890. The fourth-order valence-corrected chi connectivity index (χ4v) is 3.57. The van der Waals surface area contributed by atoms with Crippen LogP contribution in [0.25, 0.3) is 21.9 Å². The summed E-state index contributed by atoms with van der Waals surface area (Å²) in [5, 5.41) is 1.92. The highest BCUT2D eigenvalue weighted by molar-refractivity contribution is 6.30. The first-order chi connectivity index (χ1) is 11.7. The van der Waals surface area contributed by atoms with E-state index >= 15 is 0 Å². The molecule has 0 radical (unpaired) electrons. The van der Waals surface area contributed by atoms with E-state index in [2.05, 4.69) is 0 Å². The van der Waals surface area contributed by atoms with Crippen molar-refractivity contribution in [1.29, 1.82) is 0 Å². The number of hydrogen-bond donors (Lipinski definition) is 0. The third-order valence-corrected chi connectivity index (χ3v) is 4.72. The fraction of sp³-hybridized carbons (Fsp3) is 0.0476. The Morgan fingerprint density at radius 3 is 2.04 bits per heavy atom. The van der Waals surface area contributed by atoms with E-state index in [4.69, 9.17) is 4.42 Å². The average molecular weight is 312 g/mol. The van der Waals surface area contributed by atoms with Crippen molar-refractivity contribution in [1.82, 2.24) is 0 Å². The van der Waals surface area contributed by atoms with Gasteiger partial charge in [-0.25, -0.2) is 0 Å². The topological polar surface area (TPSA) is 47.3 Å². The van der Waals surface area contributed by atoms with Gasteiger partial charge in [-0.1, -0.05) is 48.5 Å². The van der Waals surface area contributed by atoms with Crippen LogP contribution in [0.15, 0.2) is 71.1 Å². The second-order valence-electron chi connectivity index (χ2n) is 6.06. The Balaban J connectivity index is 1.71. The Morgan fingerprint density at radius 2 is 1.29 bits per heavy atom. The molecule has 5 rings (SSSR count). The lowest BCUT2D eigenvalue weighted by Gasteiger charge is -2.07. The van der Waals surface area contributed by atoms with Crippen LogP contribution >= 0.6 is 0 Å². The Bertz CT molecular complexity index is 1120. The molecule has 0 amide bonds. The van der Waals surface area contributed by atoms with Crippen LogP contribution in [0.1, 0.15) is 32.2 Å². The quantitative estimate of drug-likeness (QED) is 0.477. The largest absolute Gasteiger partial charge is 0.456 e. The number of para-hydroxylation sites is 1. The summed E-state index contributed by atoms with van der Waals surface area (Å²) in [5.41, 5.74) is 3.32. The van der Waals surface area contributed by atoms with Crippen molar-refractivity contribution in [3.05, 3.63) is 83.4 Å². The second-order valence-corrected chi connectivity index (χ2v) is 6.06. The van der Waals surface area contributed by atoms with Crippen molar-refractivity contribution >= 4 is 33.5 Å². The van der Waals surface area contributed by atoms with E-state index in [0.717, 1.165) is 27.5 Å². The Morgan fingerprint density at radius 1 is 0.667 bits per heavy atom. The van der Waals surface area contributed by atoms with Crippen LogP contribution in [-0.4, -0.2) is 11.6 Å². The van der Waals surface area contributed by atoms with Gasteiger partial charge in [0.25, 0.3) is 0 Å². The highest BCUT2D eigenvalue weighted by Crippen LogP contribution is 2.37. The summed E-state index contributed by atoms with van der Waals surface area (Å²) in [6.07, 6.45) is 0. The molecular weight excluding hydrogens is 300 g/mol. The van der Waals surface area contributed by atoms with E-state index in [1.54, 1.807) is 24.3 Å². The van der Waals surface area contributed by atoms with Gasteiger partial charge in [0.15, 0.2) is 11.6 Å². The lowest BCUT2D eigenvalue weighted by atomic mass is 9.93. The van der Waals surface area contributed by atoms with Crippen molar-refractivity contribution in [3.8, 4) is 0 Å². The molecule has 0 N–H and O–H groups in total. The van der Waals surface area contributed by atoms with E-state index < -0.39 is 5.92 Å². The Labute approximate surface area is 137 Å². The first-order valence-corrected chi connectivity index (χ1v) is 7.83. The molecule has 0 aliphatic heterocycles. The van der Waals surface area contributed by atoms with Gasteiger partial charge in [-0.3, -0.25) is 9.59 Å². The summed E-state index contributed by atoms with van der Waals surface area (Å²) >= 11 is 0. The summed E-state index contributed by atoms with van der Waals surface area (Å²) in [4.78, 5) is 25.4. The van der Waals surface area contributed by atoms with Gasteiger partial charge < -0.3 is 4.42 Å². The van der Waals surface area contributed by atoms with Crippen LogP contribution in [0.5, 0.6) is 0 Å². The third kappa shape index (κ3) is 1.67. The van der Waals surface area contributed by atoms with Crippen molar-refractivity contribution in [2.24, 2.45) is 0 Å². The first-order valence-electron chi connectivity index (χ1n) is 7.83. The van der Waals surface area contributed by atoms with Crippen molar-refractivity contribution < 1.29 is 14.0 Å². The van der Waals surface area contributed by atoms with Crippen LogP contribution in [0.3, 0.4) is 0 Å². The van der Waals surface area contributed by atoms with Gasteiger partial charge in [0.1, 0.15) is 17.1 Å². The van der Waals surface area contributed by atoms with Crippen LogP contribution in [0.2, 0.25) is 0 Å². The molecule has 1 aliphatic carbocycles. The Hall–Kier alpha value is -3.20. The molecule has 1 heterocycles. The zero-order valence-corrected chi connectivity index (χ0v) is 12.7. The number of Topliss-reactive ketones (excluding diaryl/α,β-unsaturated/α-hetero) is 2. The molecule has 3 heteroatoms. The predicted octanol–water partition coefficient (Wildman–Crippen LogP) is 4.75. The SMILES string of the molecule is O=C1c2ccccc2C(=O)C1c1ccc2oc3ccccc3c2c1. The second kappa shape index (κ2) is 4.65. The van der Waals surface area contributed by atoms with Gasteiger partial charge in [-0.2, -0.15) is 0 Å². The van der Waals surface area contributed by atoms with Crippen LogP contribution < -0.4 is 0 Å². The summed E-state index contributed by atoms with van der Waals surface area (Å²) in [5.74, 6) is -0.994. The zero-order chi connectivity index (χ0) is 16.3. The summed E-state index contributed by atoms with van der Waals surface area (Å²) in [6, 6.07) is 20.4. The number of ketones is 2. The average Bonchev–Trinajstić information content (AvgIpc) is 3.11. The van der Waals surface area contributed by atoms with Gasteiger partial charge in [-0.15, -0.1) is 0 Å². The van der Waals surface area contributed by atoms with Crippen LogP contribution in [-0.2, 0) is 0 Å². The molecule has 4 aromatic rings. The molecule has 0 bridgehead atoms. The molecule has 0 saturated heterocycles. The Kier molecular flexibility index (Phi) is 2.57. The molecule has 0 atom stereocenters. The van der Waals surface area contributed by atoms with Crippen LogP contribution in [0, 0.1) is 0 Å². The number of rotatable bonds is 1. The van der Waals surface area contributed by atoms with Gasteiger partial charge in [0.2, 0.25) is 0 Å². The minimum atomic E-state index is -0.750. The maximum Gasteiger partial charge on any atom is 0.178 e. The minimum absolute atomic E-state index is 0.122. The van der Waals surface area contributed by atoms with Gasteiger partial charge >= 0.3 is 0 Å². The maximum absolute atomic E-state index is 12.7. The van der Waals surface area contributed by atoms with Crippen molar-refractivity contribution in [2.45, 2.75) is 5.92 Å². The molecule has 3 aromatic carbocycles. The van der Waals surface area contributed by atoms with E-state index in [9.17, 15) is 9.59 Å². The minimum Gasteiger partial charge on any atom is -0.456 e. The monoisotopic (exact) mass is 312 g/mol. The molecule has 3 nitrogen and oxygen atoms in total. The number of hydrogen-bond acceptors (Lipinski definition) is 3. The van der Waals surface area contributed by atoms with E-state index in [1.807, 2.05) is 42.5 Å². The molecule has 24 heavy (non-hydrogen) atoms. The molecule has 1 aliphatic rings. The summed E-state index contributed by atoms with van der Waals surface area (Å²) < 4.78 is 5.82. The highest BCUT2D eigenvalue weighted by atomic mass is 16.3. The standard InChI is InChI=1S/C21H12O3/c22-20-14-6-1-2-7-15(14)21(23)19(20)12-9-10-18-16(11-12)13-5-3-4-8-17(13)24-18/h1-11,19H. The third-order valence-electron chi connectivity index (χ3n) is 4.72. The fourth-order valence-electron chi connectivity index (χ4n) is 3.57. The van der Waals surface area contributed by atoms with Crippen molar-refractivity contribution in [2.75, 3.05) is 0 Å². The highest BCUT2D eigenvalue weighted by Gasteiger charge is 2.39. The molecule has 0 saturated carbocycles. The summed E-state index contributed by atoms with van der Waals surface area (Å²) in [6.45, 7) is 0. The van der Waals surface area contributed by atoms with Gasteiger partial charge in [0, 0.05) is 21.9 Å². The molecule has 0 unspecified atom stereocenters. The number of fused-ring (bicyclic) bond motifs is 4. The normalized spacial score (nSPS) is 14.7. The van der Waals surface area contributed by atoms with Gasteiger partial charge in [0.05, 0.1) is 0 Å². The number of carbonyl (C=O) groups is 2. The zero-order valence-electron chi connectivity index (χ0n) is 12.7. The van der Waals surface area contributed by atoms with E-state index in [0.29, 0.717) is 11.1 Å². The number of carbonyl (C=O) groups excluding carboxylic acids is 2. The van der Waals surface area contributed by atoms with E-state index in [1.165, 1.54) is 0 Å². The molecule has 1 aromatic heterocycles. The molecular formula is C21H12O3. The predicted molar refractivity (Wildman–Crippen MR) is 91.6 cm³/mol.